The molecule has 0 saturated carbocycles. The molecule has 0 aliphatic rings. The van der Waals surface area contributed by atoms with Gasteiger partial charge in [0, 0.05) is 12.8 Å². The highest BCUT2D eigenvalue weighted by Gasteiger charge is 2.21. The zero-order valence-electron chi connectivity index (χ0n) is 31.2. The number of carbonyl (C=O) groups is 2. The zero-order chi connectivity index (χ0) is 35.4. The van der Waals surface area contributed by atoms with Crippen molar-refractivity contribution in [2.75, 3.05) is 26.4 Å². The van der Waals surface area contributed by atoms with Gasteiger partial charge in [-0.2, -0.15) is 0 Å². The monoisotopic (exact) mass is 705 g/mol. The van der Waals surface area contributed by atoms with Crippen LogP contribution in [0.2, 0.25) is 0 Å². The van der Waals surface area contributed by atoms with Gasteiger partial charge in [0.05, 0.1) is 13.2 Å². The van der Waals surface area contributed by atoms with Crippen molar-refractivity contribution in [2.45, 2.75) is 206 Å². The normalized spacial score (nSPS) is 13.3. The van der Waals surface area contributed by atoms with E-state index >= 15 is 0 Å². The van der Waals surface area contributed by atoms with Gasteiger partial charge in [0.2, 0.25) is 0 Å². The number of esters is 2. The molecule has 0 aromatic rings. The molecule has 0 aliphatic carbocycles. The van der Waals surface area contributed by atoms with Gasteiger partial charge in [-0.15, -0.1) is 0 Å². The molecule has 10 heteroatoms. The molecule has 0 spiro atoms. The molecule has 0 amide bonds. The molecule has 286 valence electrons. The van der Waals surface area contributed by atoms with E-state index in [9.17, 15) is 19.0 Å². The van der Waals surface area contributed by atoms with Crippen molar-refractivity contribution in [2.24, 2.45) is 5.73 Å². The second-order valence-electron chi connectivity index (χ2n) is 13.5. The van der Waals surface area contributed by atoms with Crippen molar-refractivity contribution >= 4 is 19.8 Å². The molecule has 0 fully saturated rings. The van der Waals surface area contributed by atoms with Crippen molar-refractivity contribution in [3.05, 3.63) is 0 Å². The molecule has 1 unspecified atom stereocenters. The lowest BCUT2D eigenvalue weighted by Crippen LogP contribution is -2.30. The van der Waals surface area contributed by atoms with Crippen LogP contribution in [0.4, 0.5) is 0 Å². The van der Waals surface area contributed by atoms with Crippen LogP contribution in [-0.2, 0) is 32.7 Å². The van der Waals surface area contributed by atoms with Gasteiger partial charge in [-0.05, 0) is 25.8 Å². The Morgan fingerprint density at radius 1 is 0.542 bits per heavy atom. The van der Waals surface area contributed by atoms with Crippen LogP contribution in [-0.4, -0.2) is 44.4 Å². The summed E-state index contributed by atoms with van der Waals surface area (Å²) in [6, 6.07) is 0. The summed E-state index contributed by atoms with van der Waals surface area (Å²) in [5, 5.41) is 0. The number of unbranched alkanes of at least 4 members (excludes halogenated alkanes) is 24. The molecule has 48 heavy (non-hydrogen) atoms. The van der Waals surface area contributed by atoms with Crippen molar-refractivity contribution in [3.8, 4) is 0 Å². The first kappa shape index (κ1) is 47.0. The minimum atomic E-state index is -4.60. The third-order valence-corrected chi connectivity index (χ3v) is 9.68. The summed E-state index contributed by atoms with van der Waals surface area (Å²) < 4.78 is 32.6. The van der Waals surface area contributed by atoms with Crippen LogP contribution in [0.5, 0.6) is 0 Å². The highest BCUT2D eigenvalue weighted by molar-refractivity contribution is 7.45. The Morgan fingerprint density at radius 3 is 1.31 bits per heavy atom. The number of ether oxygens (including phenoxy) is 2. The number of hydrogen-bond donors (Lipinski definition) is 1. The van der Waals surface area contributed by atoms with E-state index in [-0.39, 0.29) is 38.6 Å². The summed E-state index contributed by atoms with van der Waals surface area (Å²) in [7, 11) is -4.60. The summed E-state index contributed by atoms with van der Waals surface area (Å²) in [5.74, 6) is -0.843. The standard InChI is InChI=1S/C38H76NO8P/c1-3-5-7-9-11-13-15-17-19-21-23-25-27-30-37(40)44-34-36(35-46-48(42,43)45-33-29-32-39)47-38(41)31-28-26-24-22-20-18-16-14-12-10-8-6-4-2/h36H,3-35,39H2,1-2H3,(H,42,43)/p-1/t36-/m0/s1. The van der Waals surface area contributed by atoms with Crippen LogP contribution in [0.3, 0.4) is 0 Å². The molecule has 0 radical (unpaired) electrons. The Kier molecular flexibility index (Phi) is 35.1. The van der Waals surface area contributed by atoms with E-state index in [0.29, 0.717) is 12.8 Å². The Labute approximate surface area is 295 Å². The first-order chi connectivity index (χ1) is 23.3. The second-order valence-corrected chi connectivity index (χ2v) is 14.9. The molecule has 2 atom stereocenters. The van der Waals surface area contributed by atoms with E-state index in [4.69, 9.17) is 24.3 Å². The molecule has 0 aliphatic heterocycles. The predicted molar refractivity (Wildman–Crippen MR) is 195 cm³/mol. The van der Waals surface area contributed by atoms with Gasteiger partial charge in [-0.1, -0.05) is 168 Å². The van der Waals surface area contributed by atoms with Crippen LogP contribution in [0, 0.1) is 0 Å². The fourth-order valence-corrected chi connectivity index (χ4v) is 6.44. The topological polar surface area (TPSA) is 137 Å². The maximum Gasteiger partial charge on any atom is 0.306 e. The van der Waals surface area contributed by atoms with Gasteiger partial charge in [0.25, 0.3) is 7.82 Å². The maximum atomic E-state index is 12.5. The number of carbonyl (C=O) groups excluding carboxylic acids is 2. The molecule has 9 nitrogen and oxygen atoms in total. The summed E-state index contributed by atoms with van der Waals surface area (Å²) >= 11 is 0. The molecule has 2 N–H and O–H groups in total. The van der Waals surface area contributed by atoms with E-state index in [1.165, 1.54) is 128 Å². The van der Waals surface area contributed by atoms with Crippen molar-refractivity contribution in [1.82, 2.24) is 0 Å². The minimum absolute atomic E-state index is 0.0884. The van der Waals surface area contributed by atoms with Gasteiger partial charge < -0.3 is 29.1 Å². The quantitative estimate of drug-likeness (QED) is 0.0378. The van der Waals surface area contributed by atoms with Crippen molar-refractivity contribution in [3.63, 3.8) is 0 Å². The molecule has 0 aromatic carbocycles. The smallest absolute Gasteiger partial charge is 0.306 e. The van der Waals surface area contributed by atoms with Gasteiger partial charge in [-0.3, -0.25) is 14.2 Å². The highest BCUT2D eigenvalue weighted by atomic mass is 31.2. The average Bonchev–Trinajstić information content (AvgIpc) is 3.06. The van der Waals surface area contributed by atoms with Crippen LogP contribution in [0.1, 0.15) is 200 Å². The van der Waals surface area contributed by atoms with E-state index in [1.54, 1.807) is 0 Å². The molecular weight excluding hydrogens is 629 g/mol. The number of rotatable bonds is 38. The fourth-order valence-electron chi connectivity index (χ4n) is 5.66. The number of phosphoric acid groups is 1. The predicted octanol–water partition coefficient (Wildman–Crippen LogP) is 10.3. The minimum Gasteiger partial charge on any atom is -0.756 e. The molecule has 0 saturated heterocycles. The van der Waals surface area contributed by atoms with Crippen LogP contribution >= 0.6 is 7.82 Å². The van der Waals surface area contributed by atoms with Crippen molar-refractivity contribution < 1.29 is 37.6 Å². The highest BCUT2D eigenvalue weighted by Crippen LogP contribution is 2.38. The summed E-state index contributed by atoms with van der Waals surface area (Å²) in [6.45, 7) is 3.96. The Bertz CT molecular complexity index is 769. The molecular formula is C38H75NO8P-. The first-order valence-corrected chi connectivity index (χ1v) is 21.5. The second kappa shape index (κ2) is 35.8. The zero-order valence-corrected chi connectivity index (χ0v) is 32.1. The molecule has 0 bridgehead atoms. The molecule has 0 rings (SSSR count). The number of hydrogen-bond acceptors (Lipinski definition) is 9. The molecule has 0 heterocycles. The van der Waals surface area contributed by atoms with E-state index in [0.717, 1.165) is 32.1 Å². The lowest BCUT2D eigenvalue weighted by molar-refractivity contribution is -0.228. The first-order valence-electron chi connectivity index (χ1n) is 20.0. The van der Waals surface area contributed by atoms with Gasteiger partial charge in [0.15, 0.2) is 6.10 Å². The third kappa shape index (κ3) is 34.9. The van der Waals surface area contributed by atoms with Gasteiger partial charge in [-0.25, -0.2) is 0 Å². The van der Waals surface area contributed by atoms with E-state index in [2.05, 4.69) is 13.8 Å². The third-order valence-electron chi connectivity index (χ3n) is 8.71. The van der Waals surface area contributed by atoms with E-state index in [1.807, 2.05) is 0 Å². The summed E-state index contributed by atoms with van der Waals surface area (Å²) in [5.41, 5.74) is 5.39. The Morgan fingerprint density at radius 2 is 0.917 bits per heavy atom. The van der Waals surface area contributed by atoms with E-state index < -0.39 is 26.5 Å². The lowest BCUT2D eigenvalue weighted by atomic mass is 10.0. The lowest BCUT2D eigenvalue weighted by Gasteiger charge is -2.25. The van der Waals surface area contributed by atoms with Crippen LogP contribution in [0.15, 0.2) is 0 Å². The van der Waals surface area contributed by atoms with Gasteiger partial charge in [0.1, 0.15) is 6.61 Å². The summed E-state index contributed by atoms with van der Waals surface area (Å²) in [4.78, 5) is 37.0. The Hall–Kier alpha value is -0.990. The maximum absolute atomic E-state index is 12.5. The largest absolute Gasteiger partial charge is 0.756 e. The number of nitrogens with two attached hydrogens (primary N) is 1. The summed E-state index contributed by atoms with van der Waals surface area (Å²) in [6.07, 6.45) is 31.4. The van der Waals surface area contributed by atoms with Crippen LogP contribution < -0.4 is 10.6 Å². The number of phosphoric ester groups is 1. The fraction of sp³-hybridized carbons (Fsp3) is 0.947. The van der Waals surface area contributed by atoms with Crippen molar-refractivity contribution in [1.29, 1.82) is 0 Å². The Balaban J connectivity index is 4.24. The van der Waals surface area contributed by atoms with Gasteiger partial charge >= 0.3 is 11.9 Å². The average molecular weight is 705 g/mol. The van der Waals surface area contributed by atoms with Crippen LogP contribution in [0.25, 0.3) is 0 Å². The SMILES string of the molecule is CCCCCCCCCCCCCCCC(=O)OC[C@@H](COP(=O)([O-])OCCCN)OC(=O)CCCCCCCCCCCCCCC. The molecule has 0 aromatic heterocycles.